The van der Waals surface area contributed by atoms with Crippen LogP contribution in [0.5, 0.6) is 0 Å². The molecule has 2 nitrogen and oxygen atoms in total. The molecule has 118 valence electrons. The molecular formula is C20H27NO. The van der Waals surface area contributed by atoms with Crippen molar-refractivity contribution < 1.29 is 4.79 Å². The minimum absolute atomic E-state index is 0.324. The van der Waals surface area contributed by atoms with Crippen LogP contribution in [0.1, 0.15) is 61.3 Å². The standard InChI is InChI=1S/C20H27NO/c1-13-8-14(2)10-17(9-13)19-4-3-7-21(19)20(22)18-12-15-5-6-16(18)11-15/h8-10,15-16,18-19H,3-7,11-12H2,1-2H3. The number of benzene rings is 1. The average molecular weight is 297 g/mol. The van der Waals surface area contributed by atoms with Crippen molar-refractivity contribution in [2.24, 2.45) is 17.8 Å². The highest BCUT2D eigenvalue weighted by Crippen LogP contribution is 2.50. The molecule has 0 radical (unpaired) electrons. The second-order valence-electron chi connectivity index (χ2n) is 7.89. The Morgan fingerprint density at radius 2 is 1.82 bits per heavy atom. The van der Waals surface area contributed by atoms with Crippen LogP contribution in [0.4, 0.5) is 0 Å². The highest BCUT2D eigenvalue weighted by molar-refractivity contribution is 5.80. The first-order valence-electron chi connectivity index (χ1n) is 9.00. The number of carbonyl (C=O) groups excluding carboxylic acids is 1. The quantitative estimate of drug-likeness (QED) is 0.792. The minimum atomic E-state index is 0.324. The Morgan fingerprint density at radius 1 is 1.05 bits per heavy atom. The molecule has 1 amide bonds. The van der Waals surface area contributed by atoms with Gasteiger partial charge < -0.3 is 4.90 Å². The molecule has 0 aromatic heterocycles. The van der Waals surface area contributed by atoms with Crippen LogP contribution in [0.25, 0.3) is 0 Å². The molecule has 22 heavy (non-hydrogen) atoms. The van der Waals surface area contributed by atoms with Crippen LogP contribution in [0, 0.1) is 31.6 Å². The van der Waals surface area contributed by atoms with Gasteiger partial charge in [-0.1, -0.05) is 35.7 Å². The van der Waals surface area contributed by atoms with Gasteiger partial charge in [-0.3, -0.25) is 4.79 Å². The molecule has 3 aliphatic rings. The monoisotopic (exact) mass is 297 g/mol. The van der Waals surface area contributed by atoms with E-state index < -0.39 is 0 Å². The van der Waals surface area contributed by atoms with Crippen molar-refractivity contribution in [2.45, 2.75) is 58.4 Å². The fourth-order valence-corrected chi connectivity index (χ4v) is 5.34. The maximum atomic E-state index is 13.1. The maximum absolute atomic E-state index is 13.1. The lowest BCUT2D eigenvalue weighted by atomic mass is 9.87. The summed E-state index contributed by atoms with van der Waals surface area (Å²) in [5, 5.41) is 0. The van der Waals surface area contributed by atoms with E-state index in [1.165, 1.54) is 42.4 Å². The van der Waals surface area contributed by atoms with Gasteiger partial charge in [0.15, 0.2) is 0 Å². The summed E-state index contributed by atoms with van der Waals surface area (Å²) in [4.78, 5) is 15.3. The zero-order valence-corrected chi connectivity index (χ0v) is 13.8. The average Bonchev–Trinajstić information content (AvgIpc) is 3.21. The van der Waals surface area contributed by atoms with Gasteiger partial charge in [-0.05, 0) is 63.4 Å². The lowest BCUT2D eigenvalue weighted by Crippen LogP contribution is -2.37. The normalized spacial score (nSPS) is 33.6. The maximum Gasteiger partial charge on any atom is 0.226 e. The lowest BCUT2D eigenvalue weighted by molar-refractivity contribution is -0.138. The van der Waals surface area contributed by atoms with Crippen LogP contribution in [-0.2, 0) is 4.79 Å². The number of likely N-dealkylation sites (tertiary alicyclic amines) is 1. The summed E-state index contributed by atoms with van der Waals surface area (Å²) in [5.74, 6) is 2.35. The Balaban J connectivity index is 1.57. The summed E-state index contributed by atoms with van der Waals surface area (Å²) in [7, 11) is 0. The smallest absolute Gasteiger partial charge is 0.226 e. The molecule has 2 heteroatoms. The van der Waals surface area contributed by atoms with Crippen molar-refractivity contribution in [2.75, 3.05) is 6.54 Å². The van der Waals surface area contributed by atoms with Crippen molar-refractivity contribution in [3.8, 4) is 0 Å². The van der Waals surface area contributed by atoms with E-state index in [0.29, 0.717) is 23.8 Å². The molecule has 0 N–H and O–H groups in total. The van der Waals surface area contributed by atoms with E-state index in [1.54, 1.807) is 0 Å². The van der Waals surface area contributed by atoms with Crippen LogP contribution in [0.3, 0.4) is 0 Å². The van der Waals surface area contributed by atoms with Gasteiger partial charge >= 0.3 is 0 Å². The van der Waals surface area contributed by atoms with Gasteiger partial charge in [0.2, 0.25) is 5.91 Å². The number of carbonyl (C=O) groups is 1. The van der Waals surface area contributed by atoms with Crippen molar-refractivity contribution in [1.82, 2.24) is 4.90 Å². The van der Waals surface area contributed by atoms with E-state index in [-0.39, 0.29) is 0 Å². The van der Waals surface area contributed by atoms with Gasteiger partial charge in [-0.15, -0.1) is 0 Å². The zero-order chi connectivity index (χ0) is 15.3. The summed E-state index contributed by atoms with van der Waals surface area (Å²) in [6.07, 6.45) is 7.44. The third-order valence-corrected chi connectivity index (χ3v) is 6.22. The summed E-state index contributed by atoms with van der Waals surface area (Å²) < 4.78 is 0. The Kier molecular flexibility index (Phi) is 3.51. The fourth-order valence-electron chi connectivity index (χ4n) is 5.34. The molecule has 0 spiro atoms. The molecule has 3 fully saturated rings. The molecule has 2 aliphatic carbocycles. The Labute approximate surface area is 133 Å². The Hall–Kier alpha value is -1.31. The molecular weight excluding hydrogens is 270 g/mol. The fraction of sp³-hybridized carbons (Fsp3) is 0.650. The van der Waals surface area contributed by atoms with Gasteiger partial charge in [-0.2, -0.15) is 0 Å². The summed E-state index contributed by atoms with van der Waals surface area (Å²) in [6.45, 7) is 5.28. The third kappa shape index (κ3) is 2.37. The van der Waals surface area contributed by atoms with Gasteiger partial charge in [0.05, 0.1) is 6.04 Å². The largest absolute Gasteiger partial charge is 0.335 e. The Morgan fingerprint density at radius 3 is 2.45 bits per heavy atom. The molecule has 1 aromatic rings. The van der Waals surface area contributed by atoms with Gasteiger partial charge in [0.1, 0.15) is 0 Å². The second kappa shape index (κ2) is 5.40. The van der Waals surface area contributed by atoms with Crippen molar-refractivity contribution >= 4 is 5.91 Å². The first-order valence-corrected chi connectivity index (χ1v) is 9.00. The summed E-state index contributed by atoms with van der Waals surface area (Å²) >= 11 is 0. The van der Waals surface area contributed by atoms with Gasteiger partial charge in [-0.25, -0.2) is 0 Å². The van der Waals surface area contributed by atoms with Crippen LogP contribution in [0.2, 0.25) is 0 Å². The van der Waals surface area contributed by atoms with Crippen molar-refractivity contribution in [3.63, 3.8) is 0 Å². The second-order valence-corrected chi connectivity index (χ2v) is 7.89. The van der Waals surface area contributed by atoms with Crippen LogP contribution in [0.15, 0.2) is 18.2 Å². The van der Waals surface area contributed by atoms with E-state index in [0.717, 1.165) is 25.3 Å². The molecule has 1 aromatic carbocycles. The van der Waals surface area contributed by atoms with Crippen LogP contribution in [-0.4, -0.2) is 17.4 Å². The summed E-state index contributed by atoms with van der Waals surface area (Å²) in [5.41, 5.74) is 3.98. The Bertz CT molecular complexity index is 573. The minimum Gasteiger partial charge on any atom is -0.335 e. The topological polar surface area (TPSA) is 20.3 Å². The molecule has 4 unspecified atom stereocenters. The van der Waals surface area contributed by atoms with Crippen LogP contribution < -0.4 is 0 Å². The van der Waals surface area contributed by atoms with E-state index >= 15 is 0 Å². The number of aryl methyl sites for hydroxylation is 2. The SMILES string of the molecule is Cc1cc(C)cc(C2CCCN2C(=O)C2CC3CCC2C3)c1. The van der Waals surface area contributed by atoms with E-state index in [2.05, 4.69) is 36.9 Å². The predicted octanol–water partition coefficient (Wildman–Crippen LogP) is 4.40. The number of rotatable bonds is 2. The molecule has 2 bridgehead atoms. The number of amides is 1. The molecule has 1 heterocycles. The first kappa shape index (κ1) is 14.3. The van der Waals surface area contributed by atoms with E-state index in [4.69, 9.17) is 0 Å². The molecule has 1 saturated heterocycles. The molecule has 4 rings (SSSR count). The summed E-state index contributed by atoms with van der Waals surface area (Å²) in [6, 6.07) is 7.11. The molecule has 4 atom stereocenters. The first-order chi connectivity index (χ1) is 10.6. The zero-order valence-electron chi connectivity index (χ0n) is 13.8. The predicted molar refractivity (Wildman–Crippen MR) is 88.5 cm³/mol. The lowest BCUT2D eigenvalue weighted by Gasteiger charge is -2.31. The van der Waals surface area contributed by atoms with Crippen molar-refractivity contribution in [3.05, 3.63) is 34.9 Å². The highest BCUT2D eigenvalue weighted by atomic mass is 16.2. The van der Waals surface area contributed by atoms with Gasteiger partial charge in [0, 0.05) is 12.5 Å². The third-order valence-electron chi connectivity index (χ3n) is 6.22. The van der Waals surface area contributed by atoms with Gasteiger partial charge in [0.25, 0.3) is 0 Å². The number of fused-ring (bicyclic) bond motifs is 2. The van der Waals surface area contributed by atoms with E-state index in [1.807, 2.05) is 0 Å². The van der Waals surface area contributed by atoms with Crippen molar-refractivity contribution in [1.29, 1.82) is 0 Å². The van der Waals surface area contributed by atoms with Crippen LogP contribution >= 0.6 is 0 Å². The molecule has 2 saturated carbocycles. The number of hydrogen-bond donors (Lipinski definition) is 0. The number of hydrogen-bond acceptors (Lipinski definition) is 1. The van der Waals surface area contributed by atoms with E-state index in [9.17, 15) is 4.79 Å². The number of nitrogens with zero attached hydrogens (tertiary/aromatic N) is 1. The highest BCUT2D eigenvalue weighted by Gasteiger charge is 2.46. The molecule has 1 aliphatic heterocycles.